The average Bonchev–Trinajstić information content (AvgIpc) is 2.79. The van der Waals surface area contributed by atoms with Gasteiger partial charge in [-0.15, -0.1) is 5.10 Å². The third-order valence-corrected chi connectivity index (χ3v) is 3.68. The normalized spacial score (nSPS) is 17.2. The van der Waals surface area contributed by atoms with Crippen LogP contribution in [-0.2, 0) is 4.79 Å². The summed E-state index contributed by atoms with van der Waals surface area (Å²) in [6, 6.07) is 3.31. The number of hydrogen-bond acceptors (Lipinski definition) is 6. The highest BCUT2D eigenvalue weighted by Gasteiger charge is 2.15. The zero-order valence-corrected chi connectivity index (χ0v) is 12.3. The Morgan fingerprint density at radius 2 is 2.37 bits per heavy atom. The molecule has 100 valence electrons. The van der Waals surface area contributed by atoms with Gasteiger partial charge >= 0.3 is 0 Å². The molecule has 1 aliphatic heterocycles. The molecule has 0 aliphatic carbocycles. The van der Waals surface area contributed by atoms with Crippen molar-refractivity contribution < 1.29 is 14.6 Å². The van der Waals surface area contributed by atoms with Crippen LogP contribution in [0.25, 0.3) is 0 Å². The Bertz CT molecular complexity index is 575. The number of carbonyl (C=O) groups excluding carboxylic acids is 1. The van der Waals surface area contributed by atoms with E-state index in [2.05, 4.69) is 31.4 Å². The van der Waals surface area contributed by atoms with E-state index in [1.807, 2.05) is 0 Å². The van der Waals surface area contributed by atoms with E-state index in [0.717, 1.165) is 0 Å². The zero-order valence-electron chi connectivity index (χ0n) is 9.88. The molecular weight excluding hydrogens is 334 g/mol. The summed E-state index contributed by atoms with van der Waals surface area (Å²) in [6.07, 6.45) is 1.50. The van der Waals surface area contributed by atoms with Gasteiger partial charge in [-0.25, -0.2) is 0 Å². The lowest BCUT2D eigenvalue weighted by Gasteiger charge is -2.05. The molecule has 0 spiro atoms. The van der Waals surface area contributed by atoms with Crippen molar-refractivity contribution in [1.82, 2.24) is 5.32 Å². The molecule has 1 heterocycles. The second-order valence-electron chi connectivity index (χ2n) is 3.54. The van der Waals surface area contributed by atoms with Gasteiger partial charge < -0.3 is 15.2 Å². The van der Waals surface area contributed by atoms with Crippen molar-refractivity contribution in [1.29, 1.82) is 0 Å². The van der Waals surface area contributed by atoms with Crippen LogP contribution >= 0.6 is 27.7 Å². The summed E-state index contributed by atoms with van der Waals surface area (Å²) >= 11 is 4.52. The fraction of sp³-hybridized carbons (Fsp3) is 0.182. The second kappa shape index (κ2) is 6.07. The van der Waals surface area contributed by atoms with Crippen molar-refractivity contribution in [3.8, 4) is 11.5 Å². The van der Waals surface area contributed by atoms with Gasteiger partial charge in [-0.2, -0.15) is 5.10 Å². The highest BCUT2D eigenvalue weighted by Crippen LogP contribution is 2.34. The number of methoxy groups -OCH3 is 1. The average molecular weight is 344 g/mol. The number of aromatic hydroxyl groups is 1. The van der Waals surface area contributed by atoms with Gasteiger partial charge in [-0.05, 0) is 33.6 Å². The Labute approximate surface area is 122 Å². The van der Waals surface area contributed by atoms with E-state index in [1.165, 1.54) is 25.1 Å². The minimum Gasteiger partial charge on any atom is -0.503 e. The topological polar surface area (TPSA) is 83.3 Å². The Morgan fingerprint density at radius 3 is 3.00 bits per heavy atom. The summed E-state index contributed by atoms with van der Waals surface area (Å²) in [5.74, 6) is 0.664. The van der Waals surface area contributed by atoms with Crippen LogP contribution in [0.1, 0.15) is 5.56 Å². The smallest absolute Gasteiger partial charge is 0.236 e. The molecule has 6 nitrogen and oxygen atoms in total. The maximum absolute atomic E-state index is 10.9. The third kappa shape index (κ3) is 3.48. The molecule has 0 aromatic heterocycles. The van der Waals surface area contributed by atoms with Crippen LogP contribution in [0.3, 0.4) is 0 Å². The summed E-state index contributed by atoms with van der Waals surface area (Å²) in [6.45, 7) is 0. The highest BCUT2D eigenvalue weighted by molar-refractivity contribution is 9.10. The lowest BCUT2D eigenvalue weighted by atomic mass is 10.2. The molecule has 0 atom stereocenters. The quantitative estimate of drug-likeness (QED) is 0.646. The predicted octanol–water partition coefficient (Wildman–Crippen LogP) is 1.72. The van der Waals surface area contributed by atoms with Crippen LogP contribution in [0.4, 0.5) is 0 Å². The number of phenolic OH excluding ortho intramolecular Hbond substituents is 1. The van der Waals surface area contributed by atoms with E-state index < -0.39 is 0 Å². The number of ether oxygens (including phenoxy) is 1. The third-order valence-electron chi connectivity index (χ3n) is 2.21. The number of benzene rings is 1. The zero-order chi connectivity index (χ0) is 13.8. The Kier molecular flexibility index (Phi) is 4.43. The monoisotopic (exact) mass is 343 g/mol. The molecule has 1 amide bonds. The molecule has 2 N–H and O–H groups in total. The molecule has 2 rings (SSSR count). The maximum atomic E-state index is 10.9. The van der Waals surface area contributed by atoms with Crippen molar-refractivity contribution in [2.45, 2.75) is 0 Å². The van der Waals surface area contributed by atoms with Crippen molar-refractivity contribution >= 4 is 45.0 Å². The Morgan fingerprint density at radius 1 is 1.58 bits per heavy atom. The van der Waals surface area contributed by atoms with Crippen LogP contribution in [0, 0.1) is 0 Å². The van der Waals surface area contributed by atoms with Gasteiger partial charge in [0.25, 0.3) is 0 Å². The number of rotatable bonds is 3. The summed E-state index contributed by atoms with van der Waals surface area (Å²) in [4.78, 5) is 10.9. The lowest BCUT2D eigenvalue weighted by Crippen LogP contribution is -2.19. The molecular formula is C11H10BrN3O3S. The van der Waals surface area contributed by atoms with Gasteiger partial charge in [0.05, 0.1) is 23.5 Å². The number of halogens is 1. The first kappa shape index (κ1) is 13.9. The molecule has 0 saturated carbocycles. The molecule has 19 heavy (non-hydrogen) atoms. The molecule has 1 saturated heterocycles. The fourth-order valence-corrected chi connectivity index (χ4v) is 2.44. The number of thioether (sulfide) groups is 1. The minimum absolute atomic E-state index is 0.0320. The number of amidine groups is 1. The summed E-state index contributed by atoms with van der Waals surface area (Å²) in [7, 11) is 1.47. The number of amides is 1. The van der Waals surface area contributed by atoms with E-state index >= 15 is 0 Å². The maximum Gasteiger partial charge on any atom is 0.236 e. The van der Waals surface area contributed by atoms with Crippen LogP contribution in [-0.4, -0.2) is 35.3 Å². The van der Waals surface area contributed by atoms with Gasteiger partial charge in [0, 0.05) is 0 Å². The first-order valence-corrected chi connectivity index (χ1v) is 6.98. The molecule has 8 heteroatoms. The van der Waals surface area contributed by atoms with Crippen LogP contribution in [0.2, 0.25) is 0 Å². The number of phenols is 1. The van der Waals surface area contributed by atoms with Crippen LogP contribution < -0.4 is 10.1 Å². The van der Waals surface area contributed by atoms with Gasteiger partial charge in [0.1, 0.15) is 0 Å². The summed E-state index contributed by atoms with van der Waals surface area (Å²) in [5, 5.41) is 20.5. The van der Waals surface area contributed by atoms with E-state index in [0.29, 0.717) is 26.7 Å². The Balaban J connectivity index is 2.15. The van der Waals surface area contributed by atoms with Crippen LogP contribution in [0.5, 0.6) is 11.5 Å². The number of hydrogen-bond donors (Lipinski definition) is 2. The van der Waals surface area contributed by atoms with Crippen molar-refractivity contribution in [3.63, 3.8) is 0 Å². The van der Waals surface area contributed by atoms with Crippen molar-refractivity contribution in [2.24, 2.45) is 10.2 Å². The SMILES string of the molecule is COc1cc(C=NN=C2NC(=O)CS2)cc(Br)c1O. The largest absolute Gasteiger partial charge is 0.503 e. The molecule has 1 aromatic carbocycles. The standard InChI is InChI=1S/C11H10BrN3O3S/c1-18-8-3-6(2-7(12)10(8)17)4-13-15-11-14-9(16)5-19-11/h2-4,17H,5H2,1H3,(H,14,15,16). The van der Waals surface area contributed by atoms with E-state index in [4.69, 9.17) is 4.74 Å². The molecule has 0 unspecified atom stereocenters. The summed E-state index contributed by atoms with van der Waals surface area (Å²) in [5.41, 5.74) is 0.709. The van der Waals surface area contributed by atoms with Gasteiger partial charge in [0.2, 0.25) is 5.91 Å². The number of nitrogens with one attached hydrogen (secondary N) is 1. The van der Waals surface area contributed by atoms with Crippen molar-refractivity contribution in [3.05, 3.63) is 22.2 Å². The molecule has 1 fully saturated rings. The molecule has 1 aliphatic rings. The van der Waals surface area contributed by atoms with E-state index in [1.54, 1.807) is 12.1 Å². The van der Waals surface area contributed by atoms with E-state index in [9.17, 15) is 9.90 Å². The van der Waals surface area contributed by atoms with Crippen LogP contribution in [0.15, 0.2) is 26.8 Å². The van der Waals surface area contributed by atoms with Gasteiger partial charge in [-0.3, -0.25) is 4.79 Å². The minimum atomic E-state index is -0.0759. The fourth-order valence-electron chi connectivity index (χ4n) is 1.35. The lowest BCUT2D eigenvalue weighted by molar-refractivity contribution is -0.116. The number of carbonyl (C=O) groups is 1. The van der Waals surface area contributed by atoms with Gasteiger partial charge in [0.15, 0.2) is 16.7 Å². The predicted molar refractivity (Wildman–Crippen MR) is 78.0 cm³/mol. The first-order valence-electron chi connectivity index (χ1n) is 5.20. The molecule has 0 radical (unpaired) electrons. The number of nitrogens with zero attached hydrogens (tertiary/aromatic N) is 2. The van der Waals surface area contributed by atoms with Gasteiger partial charge in [-0.1, -0.05) is 11.8 Å². The van der Waals surface area contributed by atoms with E-state index in [-0.39, 0.29) is 11.7 Å². The van der Waals surface area contributed by atoms with Crippen molar-refractivity contribution in [2.75, 3.05) is 12.9 Å². The second-order valence-corrected chi connectivity index (χ2v) is 5.36. The highest BCUT2D eigenvalue weighted by atomic mass is 79.9. The Hall–Kier alpha value is -1.54. The molecule has 0 bridgehead atoms. The molecule has 1 aromatic rings. The first-order chi connectivity index (χ1) is 9.10. The summed E-state index contributed by atoms with van der Waals surface area (Å²) < 4.78 is 5.53.